The topological polar surface area (TPSA) is 111 Å². The summed E-state index contributed by atoms with van der Waals surface area (Å²) < 4.78 is 16.4. The first-order valence-electron chi connectivity index (χ1n) is 9.71. The minimum Gasteiger partial charge on any atom is -0.493 e. The third-order valence-electron chi connectivity index (χ3n) is 4.88. The van der Waals surface area contributed by atoms with Crippen LogP contribution >= 0.6 is 0 Å². The Labute approximate surface area is 174 Å². The van der Waals surface area contributed by atoms with Gasteiger partial charge in [-0.1, -0.05) is 11.2 Å². The second-order valence-corrected chi connectivity index (χ2v) is 6.88. The molecule has 0 spiro atoms. The molecule has 1 aromatic heterocycles. The first-order valence-corrected chi connectivity index (χ1v) is 9.71. The average Bonchev–Trinajstić information content (AvgIpc) is 2.74. The number of hydrogen-bond acceptors (Lipinski definition) is 8. The summed E-state index contributed by atoms with van der Waals surface area (Å²) in [7, 11) is 1.60. The van der Waals surface area contributed by atoms with Crippen LogP contribution in [-0.2, 0) is 0 Å². The first kappa shape index (κ1) is 21.5. The van der Waals surface area contributed by atoms with Crippen LogP contribution in [0.15, 0.2) is 41.7 Å². The van der Waals surface area contributed by atoms with Gasteiger partial charge in [-0.15, -0.1) is 0 Å². The van der Waals surface area contributed by atoms with E-state index in [1.807, 2.05) is 25.1 Å². The van der Waals surface area contributed by atoms with E-state index in [4.69, 9.17) is 19.3 Å². The van der Waals surface area contributed by atoms with E-state index >= 15 is 0 Å². The van der Waals surface area contributed by atoms with Crippen LogP contribution in [0.25, 0.3) is 0 Å². The molecule has 30 heavy (non-hydrogen) atoms. The lowest BCUT2D eigenvalue weighted by molar-refractivity contribution is 0.0595. The smallest absolute Gasteiger partial charge is 0.272 e. The van der Waals surface area contributed by atoms with Gasteiger partial charge in [0.05, 0.1) is 20.3 Å². The number of amides is 1. The number of methoxy groups -OCH3 is 1. The summed E-state index contributed by atoms with van der Waals surface area (Å²) in [4.78, 5) is 29.1. The molecule has 9 nitrogen and oxygen atoms in total. The number of likely N-dealkylation sites (tertiary alicyclic amines) is 1. The van der Waals surface area contributed by atoms with Crippen molar-refractivity contribution < 1.29 is 24.1 Å². The predicted octanol–water partition coefficient (Wildman–Crippen LogP) is 2.23. The zero-order chi connectivity index (χ0) is 21.5. The Morgan fingerprint density at radius 2 is 2.07 bits per heavy atom. The number of rotatable bonds is 10. The highest BCUT2D eigenvalue weighted by molar-refractivity contribution is 5.93. The lowest BCUT2D eigenvalue weighted by Crippen LogP contribution is -2.48. The number of aliphatic hydroxyl groups excluding tert-OH is 1. The second kappa shape index (κ2) is 10.0. The fraction of sp³-hybridized carbons (Fsp3) is 0.429. The van der Waals surface area contributed by atoms with Gasteiger partial charge in [0.15, 0.2) is 11.5 Å². The van der Waals surface area contributed by atoms with E-state index in [0.29, 0.717) is 36.9 Å². The molecule has 1 fully saturated rings. The van der Waals surface area contributed by atoms with E-state index in [-0.39, 0.29) is 24.1 Å². The molecule has 1 aliphatic heterocycles. The molecular formula is C21H25N3O6. The summed E-state index contributed by atoms with van der Waals surface area (Å²) in [5.74, 6) is 1.79. The molecule has 1 N–H and O–H groups in total. The third kappa shape index (κ3) is 4.85. The molecule has 9 heteroatoms. The second-order valence-electron chi connectivity index (χ2n) is 6.88. The van der Waals surface area contributed by atoms with E-state index in [2.05, 4.69) is 10.2 Å². The van der Waals surface area contributed by atoms with Crippen molar-refractivity contribution in [3.8, 4) is 17.2 Å². The molecule has 1 unspecified atom stereocenters. The summed E-state index contributed by atoms with van der Waals surface area (Å²) >= 11 is 0. The van der Waals surface area contributed by atoms with Gasteiger partial charge in [0.2, 0.25) is 0 Å². The Morgan fingerprint density at radius 3 is 2.73 bits per heavy atom. The largest absolute Gasteiger partial charge is 0.493 e. The molecule has 1 atom stereocenters. The summed E-state index contributed by atoms with van der Waals surface area (Å²) in [6.45, 7) is 3.16. The van der Waals surface area contributed by atoms with E-state index in [9.17, 15) is 9.70 Å². The van der Waals surface area contributed by atoms with Crippen LogP contribution in [0.3, 0.4) is 0 Å². The zero-order valence-electron chi connectivity index (χ0n) is 17.0. The number of nitroso groups, excluding NO2 is 1. The molecule has 2 aromatic rings. The van der Waals surface area contributed by atoms with Crippen LogP contribution in [0.4, 0.5) is 0 Å². The Hall–Kier alpha value is -3.20. The molecule has 1 amide bonds. The van der Waals surface area contributed by atoms with Gasteiger partial charge in [0.1, 0.15) is 24.1 Å². The van der Waals surface area contributed by atoms with Gasteiger partial charge in [-0.05, 0) is 30.7 Å². The number of aliphatic hydroxyl groups is 1. The van der Waals surface area contributed by atoms with Gasteiger partial charge in [-0.3, -0.25) is 9.78 Å². The molecule has 0 radical (unpaired) electrons. The Bertz CT molecular complexity index is 885. The highest BCUT2D eigenvalue weighted by Crippen LogP contribution is 2.35. The minimum atomic E-state index is -0.848. The van der Waals surface area contributed by atoms with Crippen molar-refractivity contribution in [1.82, 2.24) is 9.88 Å². The number of pyridine rings is 1. The molecule has 1 saturated heterocycles. The van der Waals surface area contributed by atoms with E-state index in [0.717, 1.165) is 5.56 Å². The minimum absolute atomic E-state index is 0.0665. The van der Waals surface area contributed by atoms with Gasteiger partial charge < -0.3 is 24.2 Å². The molecule has 1 aliphatic rings. The fourth-order valence-corrected chi connectivity index (χ4v) is 3.16. The van der Waals surface area contributed by atoms with E-state index in [1.54, 1.807) is 18.1 Å². The van der Waals surface area contributed by atoms with Crippen LogP contribution in [0.5, 0.6) is 17.2 Å². The highest BCUT2D eigenvalue weighted by Gasteiger charge is 2.33. The lowest BCUT2D eigenvalue weighted by atomic mass is 9.91. The molecule has 3 rings (SSSR count). The summed E-state index contributed by atoms with van der Waals surface area (Å²) in [6.07, 6.45) is 1.47. The van der Waals surface area contributed by atoms with Crippen molar-refractivity contribution in [2.24, 2.45) is 5.18 Å². The zero-order valence-corrected chi connectivity index (χ0v) is 17.0. The number of benzene rings is 1. The van der Waals surface area contributed by atoms with Gasteiger partial charge >= 0.3 is 0 Å². The fourth-order valence-electron chi connectivity index (χ4n) is 3.16. The van der Waals surface area contributed by atoms with Gasteiger partial charge in [0, 0.05) is 31.3 Å². The van der Waals surface area contributed by atoms with Crippen LogP contribution in [0.2, 0.25) is 0 Å². The van der Waals surface area contributed by atoms with Crippen LogP contribution < -0.4 is 14.2 Å². The molecule has 160 valence electrons. The maximum Gasteiger partial charge on any atom is 0.272 e. The van der Waals surface area contributed by atoms with Crippen LogP contribution in [0.1, 0.15) is 28.9 Å². The quantitative estimate of drug-likeness (QED) is 0.593. The SMILES string of the molecule is CCOc1ccc(C2CN(C(=O)c3cc(OCC(CO)N=O)ccn3)C2)cc1OC. The van der Waals surface area contributed by atoms with E-state index in [1.165, 1.54) is 12.3 Å². The number of carbonyl (C=O) groups is 1. The average molecular weight is 415 g/mol. The van der Waals surface area contributed by atoms with Gasteiger partial charge in [-0.2, -0.15) is 4.91 Å². The number of nitrogens with zero attached hydrogens (tertiary/aromatic N) is 3. The maximum absolute atomic E-state index is 12.7. The molecule has 0 saturated carbocycles. The molecule has 2 heterocycles. The van der Waals surface area contributed by atoms with E-state index < -0.39 is 12.6 Å². The molecule has 0 bridgehead atoms. The highest BCUT2D eigenvalue weighted by atomic mass is 16.5. The van der Waals surface area contributed by atoms with Crippen LogP contribution in [-0.4, -0.2) is 67.0 Å². The number of hydrogen-bond donors (Lipinski definition) is 1. The number of ether oxygens (including phenoxy) is 3. The molecular weight excluding hydrogens is 390 g/mol. The van der Waals surface area contributed by atoms with Crippen molar-refractivity contribution in [2.45, 2.75) is 18.9 Å². The predicted molar refractivity (Wildman–Crippen MR) is 109 cm³/mol. The monoisotopic (exact) mass is 415 g/mol. The number of aromatic nitrogens is 1. The maximum atomic E-state index is 12.7. The Morgan fingerprint density at radius 1 is 1.27 bits per heavy atom. The Kier molecular flexibility index (Phi) is 7.18. The van der Waals surface area contributed by atoms with Crippen molar-refractivity contribution in [1.29, 1.82) is 0 Å². The third-order valence-corrected chi connectivity index (χ3v) is 4.88. The summed E-state index contributed by atoms with van der Waals surface area (Å²) in [5, 5.41) is 11.8. The van der Waals surface area contributed by atoms with Crippen molar-refractivity contribution in [3.05, 3.63) is 52.7 Å². The lowest BCUT2D eigenvalue weighted by Gasteiger charge is -2.39. The molecule has 0 aliphatic carbocycles. The first-order chi connectivity index (χ1) is 14.6. The van der Waals surface area contributed by atoms with Crippen molar-refractivity contribution in [2.75, 3.05) is 40.0 Å². The normalized spacial score (nSPS) is 14.6. The van der Waals surface area contributed by atoms with Crippen molar-refractivity contribution >= 4 is 5.91 Å². The summed E-state index contributed by atoms with van der Waals surface area (Å²) in [5.41, 5.74) is 1.34. The van der Waals surface area contributed by atoms with Crippen LogP contribution in [0, 0.1) is 4.91 Å². The Balaban J connectivity index is 1.60. The standard InChI is InChI=1S/C21H25N3O6/c1-3-29-19-5-4-14(8-20(19)28-2)15-10-24(11-15)21(26)18-9-17(6-7-22-18)30-13-16(12-25)23-27/h4-9,15-16,25H,3,10-13H2,1-2H3. The van der Waals surface area contributed by atoms with Crippen molar-refractivity contribution in [3.63, 3.8) is 0 Å². The molecule has 1 aromatic carbocycles. The van der Waals surface area contributed by atoms with Gasteiger partial charge in [-0.25, -0.2) is 0 Å². The number of carbonyl (C=O) groups excluding carboxylic acids is 1. The summed E-state index contributed by atoms with van der Waals surface area (Å²) in [6, 6.07) is 8.09. The van der Waals surface area contributed by atoms with Gasteiger partial charge in [0.25, 0.3) is 5.91 Å².